The van der Waals surface area contributed by atoms with Gasteiger partial charge in [0, 0.05) is 32.3 Å². The number of ether oxygens (including phenoxy) is 1. The molecule has 0 radical (unpaired) electrons. The maximum atomic E-state index is 13.6. The molecule has 292 valence electrons. The summed E-state index contributed by atoms with van der Waals surface area (Å²) in [6.07, 6.45) is 11.8. The van der Waals surface area contributed by atoms with E-state index < -0.39 is 0 Å². The summed E-state index contributed by atoms with van der Waals surface area (Å²) >= 11 is 0. The highest BCUT2D eigenvalue weighted by Crippen LogP contribution is 2.27. The summed E-state index contributed by atoms with van der Waals surface area (Å²) in [6, 6.07) is 7.87. The van der Waals surface area contributed by atoms with E-state index in [0.717, 1.165) is 36.8 Å². The lowest BCUT2D eigenvalue weighted by Gasteiger charge is -2.24. The molecular formula is C43H71N5O4. The molecule has 52 heavy (non-hydrogen) atoms. The number of H-pyrrole nitrogens is 1. The number of aromatic amines is 1. The lowest BCUT2D eigenvalue weighted by Crippen LogP contribution is -2.42. The number of fused-ring (bicyclic) bond motifs is 1. The molecule has 3 aromatic rings. The van der Waals surface area contributed by atoms with Gasteiger partial charge in [0.2, 0.25) is 0 Å². The van der Waals surface area contributed by atoms with E-state index in [1.54, 1.807) is 11.7 Å². The van der Waals surface area contributed by atoms with Crippen molar-refractivity contribution in [1.29, 1.82) is 0 Å². The number of aromatic nitrogens is 4. The number of aliphatic hydroxyl groups is 1. The number of nitrogens with two attached hydrogens (primary N) is 1. The standard InChI is InChI=1S/C26H35N5O2.C3H8O2.7C2H4/c27-15-18-11-13-21(14-12-18)23-28-22-24(29-23)30(16-19-7-3-1-4-8-19)26(33)31(25(22)32)17-20-9-5-2-6-10-20;1-5-3-2-4;7*1-2/h11-14,19-20H,1-10,15-17,27H2,(H,28,29);4H,2-3H2,1H3;7*1-2H2. The van der Waals surface area contributed by atoms with Gasteiger partial charge in [0.1, 0.15) is 11.5 Å². The maximum absolute atomic E-state index is 13.6. The van der Waals surface area contributed by atoms with Gasteiger partial charge in [0.25, 0.3) is 5.56 Å². The Morgan fingerprint density at radius 3 is 1.52 bits per heavy atom. The van der Waals surface area contributed by atoms with Crippen LogP contribution < -0.4 is 17.0 Å². The van der Waals surface area contributed by atoms with Crippen LogP contribution in [-0.4, -0.2) is 44.5 Å². The first kappa shape index (κ1) is 54.2. The molecule has 2 aliphatic rings. The van der Waals surface area contributed by atoms with Crippen molar-refractivity contribution in [2.24, 2.45) is 17.6 Å². The Morgan fingerprint density at radius 2 is 1.15 bits per heavy atom. The van der Waals surface area contributed by atoms with Gasteiger partial charge >= 0.3 is 5.69 Å². The van der Waals surface area contributed by atoms with Crippen molar-refractivity contribution in [3.8, 4) is 11.4 Å². The first-order valence-corrected chi connectivity index (χ1v) is 17.7. The van der Waals surface area contributed by atoms with E-state index in [4.69, 9.17) is 15.8 Å². The highest BCUT2D eigenvalue weighted by atomic mass is 16.5. The Labute approximate surface area is 315 Å². The SMILES string of the molecule is C=C.C=C.C=C.C=C.C=C.C=C.C=C.COCCO.NCc1ccc(-c2nc3c(=O)n(CC4CCCCC4)c(=O)n(CC4CCCCC4)c3[nH]2)cc1. The first-order valence-electron chi connectivity index (χ1n) is 17.7. The fraction of sp³-hybridized carbons (Fsp3) is 0.419. The Hall–Kier alpha value is -4.57. The van der Waals surface area contributed by atoms with E-state index in [1.807, 2.05) is 24.3 Å². The van der Waals surface area contributed by atoms with Crippen LogP contribution >= 0.6 is 0 Å². The number of hydrogen-bond donors (Lipinski definition) is 3. The Balaban J connectivity index is -0.000000521. The van der Waals surface area contributed by atoms with Crippen LogP contribution in [0, 0.1) is 11.8 Å². The topological polar surface area (TPSA) is 128 Å². The second-order valence-electron chi connectivity index (χ2n) is 10.7. The van der Waals surface area contributed by atoms with Crippen LogP contribution in [0.4, 0.5) is 0 Å². The van der Waals surface area contributed by atoms with E-state index in [1.165, 1.54) is 43.1 Å². The highest BCUT2D eigenvalue weighted by molar-refractivity contribution is 5.75. The van der Waals surface area contributed by atoms with Crippen molar-refractivity contribution in [3.05, 3.63) is 143 Å². The molecular weight excluding hydrogens is 651 g/mol. The largest absolute Gasteiger partial charge is 0.394 e. The van der Waals surface area contributed by atoms with Gasteiger partial charge in [-0.05, 0) is 43.1 Å². The van der Waals surface area contributed by atoms with Gasteiger partial charge in [-0.1, -0.05) is 62.8 Å². The number of rotatable bonds is 8. The van der Waals surface area contributed by atoms with Crippen LogP contribution in [0.25, 0.3) is 22.6 Å². The van der Waals surface area contributed by atoms with Crippen LogP contribution in [0.1, 0.15) is 69.8 Å². The van der Waals surface area contributed by atoms with Gasteiger partial charge < -0.3 is 20.6 Å². The van der Waals surface area contributed by atoms with E-state index in [2.05, 4.69) is 102 Å². The zero-order chi connectivity index (χ0) is 40.9. The molecule has 2 aliphatic carbocycles. The van der Waals surface area contributed by atoms with Gasteiger partial charge in [-0.15, -0.1) is 92.1 Å². The molecule has 0 unspecified atom stereocenters. The number of imidazole rings is 1. The van der Waals surface area contributed by atoms with Gasteiger partial charge in [-0.3, -0.25) is 13.9 Å². The number of nitrogens with one attached hydrogen (secondary N) is 1. The molecule has 0 spiro atoms. The second kappa shape index (κ2) is 37.7. The highest BCUT2D eigenvalue weighted by Gasteiger charge is 2.24. The Morgan fingerprint density at radius 1 is 0.731 bits per heavy atom. The summed E-state index contributed by atoms with van der Waals surface area (Å²) < 4.78 is 7.72. The van der Waals surface area contributed by atoms with E-state index >= 15 is 0 Å². The second-order valence-corrected chi connectivity index (χ2v) is 10.7. The van der Waals surface area contributed by atoms with Crippen molar-refractivity contribution in [2.75, 3.05) is 20.3 Å². The van der Waals surface area contributed by atoms with Crippen LogP contribution in [0.3, 0.4) is 0 Å². The third-order valence-corrected chi connectivity index (χ3v) is 7.95. The summed E-state index contributed by atoms with van der Waals surface area (Å²) in [7, 11) is 1.55. The molecule has 2 saturated carbocycles. The lowest BCUT2D eigenvalue weighted by molar-refractivity contribution is 0.135. The molecule has 9 nitrogen and oxygen atoms in total. The predicted molar refractivity (Wildman–Crippen MR) is 229 cm³/mol. The van der Waals surface area contributed by atoms with E-state index in [-0.39, 0.29) is 17.9 Å². The Kier molecular flexibility index (Phi) is 39.3. The summed E-state index contributed by atoms with van der Waals surface area (Å²) in [6.45, 7) is 44.2. The number of nitrogens with zero attached hydrogens (tertiary/aromatic N) is 3. The van der Waals surface area contributed by atoms with Gasteiger partial charge in [0.15, 0.2) is 5.52 Å². The molecule has 1 aromatic carbocycles. The maximum Gasteiger partial charge on any atom is 0.332 e. The van der Waals surface area contributed by atoms with Crippen molar-refractivity contribution in [3.63, 3.8) is 0 Å². The molecule has 2 fully saturated rings. The summed E-state index contributed by atoms with van der Waals surface area (Å²) in [5, 5.41) is 7.94. The third kappa shape index (κ3) is 18.6. The lowest BCUT2D eigenvalue weighted by atomic mass is 9.89. The number of hydrogen-bond acceptors (Lipinski definition) is 6. The average Bonchev–Trinajstić information content (AvgIpc) is 3.70. The van der Waals surface area contributed by atoms with Crippen molar-refractivity contribution >= 4 is 11.2 Å². The van der Waals surface area contributed by atoms with Crippen molar-refractivity contribution in [2.45, 2.75) is 83.8 Å². The monoisotopic (exact) mass is 722 g/mol. The smallest absolute Gasteiger partial charge is 0.332 e. The molecule has 0 atom stereocenters. The van der Waals surface area contributed by atoms with Gasteiger partial charge in [0.05, 0.1) is 13.2 Å². The van der Waals surface area contributed by atoms with Crippen LogP contribution in [0.15, 0.2) is 126 Å². The fourth-order valence-electron chi connectivity index (χ4n) is 5.78. The normalized spacial score (nSPS) is 12.9. The molecule has 0 bridgehead atoms. The minimum atomic E-state index is -0.262. The van der Waals surface area contributed by atoms with E-state index in [9.17, 15) is 9.59 Å². The fourth-order valence-corrected chi connectivity index (χ4v) is 5.78. The zero-order valence-electron chi connectivity index (χ0n) is 32.6. The average molecular weight is 722 g/mol. The van der Waals surface area contributed by atoms with Gasteiger partial charge in [-0.2, -0.15) is 0 Å². The number of aliphatic hydroxyl groups excluding tert-OH is 1. The predicted octanol–water partition coefficient (Wildman–Crippen LogP) is 9.41. The molecule has 0 saturated heterocycles. The first-order chi connectivity index (χ1) is 25.5. The van der Waals surface area contributed by atoms with Crippen molar-refractivity contribution in [1.82, 2.24) is 19.1 Å². The Bertz CT molecular complexity index is 1360. The quantitative estimate of drug-likeness (QED) is 0.199. The molecule has 2 heterocycles. The summed E-state index contributed by atoms with van der Waals surface area (Å²) in [5.74, 6) is 1.49. The molecule has 5 rings (SSSR count). The number of methoxy groups -OCH3 is 1. The van der Waals surface area contributed by atoms with E-state index in [0.29, 0.717) is 55.1 Å². The van der Waals surface area contributed by atoms with Crippen LogP contribution in [0.5, 0.6) is 0 Å². The van der Waals surface area contributed by atoms with Gasteiger partial charge in [-0.25, -0.2) is 9.78 Å². The minimum Gasteiger partial charge on any atom is -0.394 e. The molecule has 9 heteroatoms. The number of benzene rings is 1. The molecule has 0 amide bonds. The summed E-state index contributed by atoms with van der Waals surface area (Å²) in [4.78, 5) is 35.1. The van der Waals surface area contributed by atoms with Crippen LogP contribution in [-0.2, 0) is 24.4 Å². The summed E-state index contributed by atoms with van der Waals surface area (Å²) in [5.41, 5.74) is 8.15. The molecule has 0 aliphatic heterocycles. The van der Waals surface area contributed by atoms with Crippen LogP contribution in [0.2, 0.25) is 0 Å². The third-order valence-electron chi connectivity index (χ3n) is 7.95. The molecule has 4 N–H and O–H groups in total. The van der Waals surface area contributed by atoms with Crippen molar-refractivity contribution < 1.29 is 9.84 Å². The zero-order valence-corrected chi connectivity index (χ0v) is 32.6. The molecule has 2 aromatic heterocycles. The minimum absolute atomic E-state index is 0.122.